The maximum atomic E-state index is 11.8. The van der Waals surface area contributed by atoms with E-state index in [4.69, 9.17) is 9.47 Å². The smallest absolute Gasteiger partial charge is 0.308 e. The molecular formula is C14H22N2O3. The van der Waals surface area contributed by atoms with E-state index in [1.54, 1.807) is 6.20 Å². The van der Waals surface area contributed by atoms with Gasteiger partial charge in [0, 0.05) is 12.4 Å². The van der Waals surface area contributed by atoms with Crippen LogP contribution in [0.2, 0.25) is 0 Å². The Morgan fingerprint density at radius 1 is 1.47 bits per heavy atom. The minimum atomic E-state index is -0.176. The molecule has 2 atom stereocenters. The lowest BCUT2D eigenvalue weighted by molar-refractivity contribution is -0.152. The van der Waals surface area contributed by atoms with Gasteiger partial charge in [-0.15, -0.1) is 0 Å². The fourth-order valence-electron chi connectivity index (χ4n) is 2.43. The number of rotatable bonds is 6. The molecule has 0 unspecified atom stereocenters. The molecule has 5 heteroatoms. The molecule has 0 amide bonds. The van der Waals surface area contributed by atoms with Gasteiger partial charge in [-0.25, -0.2) is 0 Å². The normalized spacial score (nSPS) is 22.9. The van der Waals surface area contributed by atoms with Gasteiger partial charge in [0.1, 0.15) is 6.10 Å². The molecule has 106 valence electrons. The molecule has 0 N–H and O–H groups in total. The van der Waals surface area contributed by atoms with Crippen LogP contribution >= 0.6 is 0 Å². The minimum absolute atomic E-state index is 0.0496. The molecule has 1 aromatic rings. The van der Waals surface area contributed by atoms with Crippen molar-refractivity contribution < 1.29 is 14.3 Å². The standard InChI is InChI=1S/C14H22N2O3/c1-11(2)18-10-7-14(17)19-13-6-3-5-12(13)16-9-4-8-15-16/h4,8-9,11-13H,3,5-7,10H2,1-2H3/t12-,13-/m1/s1. The summed E-state index contributed by atoms with van der Waals surface area (Å²) in [6.07, 6.45) is 7.11. The van der Waals surface area contributed by atoms with Gasteiger partial charge in [0.05, 0.1) is 25.2 Å². The van der Waals surface area contributed by atoms with Gasteiger partial charge in [-0.1, -0.05) is 0 Å². The van der Waals surface area contributed by atoms with Crippen molar-refractivity contribution in [3.8, 4) is 0 Å². The van der Waals surface area contributed by atoms with Crippen molar-refractivity contribution in [2.24, 2.45) is 0 Å². The second-order valence-electron chi connectivity index (χ2n) is 5.18. The van der Waals surface area contributed by atoms with Gasteiger partial charge in [-0.2, -0.15) is 5.10 Å². The van der Waals surface area contributed by atoms with Crippen LogP contribution in [0.15, 0.2) is 18.5 Å². The zero-order chi connectivity index (χ0) is 13.7. The lowest BCUT2D eigenvalue weighted by Gasteiger charge is -2.20. The molecule has 19 heavy (non-hydrogen) atoms. The van der Waals surface area contributed by atoms with E-state index in [0.717, 1.165) is 19.3 Å². The second-order valence-corrected chi connectivity index (χ2v) is 5.18. The summed E-state index contributed by atoms with van der Waals surface area (Å²) in [5.41, 5.74) is 0. The highest BCUT2D eigenvalue weighted by molar-refractivity contribution is 5.69. The molecule has 1 aliphatic rings. The monoisotopic (exact) mass is 266 g/mol. The van der Waals surface area contributed by atoms with Crippen LogP contribution in [0.1, 0.15) is 45.6 Å². The Bertz CT molecular complexity index is 389. The van der Waals surface area contributed by atoms with Crippen molar-refractivity contribution in [2.45, 2.75) is 57.8 Å². The Labute approximate surface area is 113 Å². The van der Waals surface area contributed by atoms with Crippen molar-refractivity contribution in [3.05, 3.63) is 18.5 Å². The summed E-state index contributed by atoms with van der Waals surface area (Å²) in [5.74, 6) is -0.176. The van der Waals surface area contributed by atoms with E-state index in [9.17, 15) is 4.79 Å². The number of nitrogens with zero attached hydrogens (tertiary/aromatic N) is 2. The van der Waals surface area contributed by atoms with Crippen molar-refractivity contribution in [3.63, 3.8) is 0 Å². The van der Waals surface area contributed by atoms with E-state index in [1.807, 2.05) is 30.8 Å². The quantitative estimate of drug-likeness (QED) is 0.742. The molecule has 2 rings (SSSR count). The first-order valence-electron chi connectivity index (χ1n) is 6.97. The molecule has 1 aromatic heterocycles. The van der Waals surface area contributed by atoms with E-state index >= 15 is 0 Å². The first kappa shape index (κ1) is 14.1. The van der Waals surface area contributed by atoms with Crippen molar-refractivity contribution in [2.75, 3.05) is 6.61 Å². The highest BCUT2D eigenvalue weighted by atomic mass is 16.5. The zero-order valence-corrected chi connectivity index (χ0v) is 11.6. The van der Waals surface area contributed by atoms with Gasteiger partial charge in [0.25, 0.3) is 0 Å². The van der Waals surface area contributed by atoms with Gasteiger partial charge in [-0.3, -0.25) is 9.48 Å². The van der Waals surface area contributed by atoms with E-state index in [2.05, 4.69) is 5.10 Å². The van der Waals surface area contributed by atoms with Crippen LogP contribution in [0.4, 0.5) is 0 Å². The van der Waals surface area contributed by atoms with Gasteiger partial charge >= 0.3 is 5.97 Å². The van der Waals surface area contributed by atoms with E-state index < -0.39 is 0 Å². The Hall–Kier alpha value is -1.36. The third-order valence-corrected chi connectivity index (χ3v) is 3.32. The molecule has 0 aliphatic heterocycles. The Morgan fingerprint density at radius 2 is 2.32 bits per heavy atom. The van der Waals surface area contributed by atoms with Gasteiger partial charge in [0.15, 0.2) is 0 Å². The van der Waals surface area contributed by atoms with Crippen LogP contribution < -0.4 is 0 Å². The SMILES string of the molecule is CC(C)OCCC(=O)O[C@@H]1CCC[C@H]1n1cccn1. The van der Waals surface area contributed by atoms with Crippen molar-refractivity contribution >= 4 is 5.97 Å². The Kier molecular flexibility index (Phi) is 4.96. The van der Waals surface area contributed by atoms with Crippen LogP contribution in [0, 0.1) is 0 Å². The van der Waals surface area contributed by atoms with E-state index in [0.29, 0.717) is 13.0 Å². The predicted molar refractivity (Wildman–Crippen MR) is 70.7 cm³/mol. The molecule has 0 spiro atoms. The largest absolute Gasteiger partial charge is 0.460 e. The van der Waals surface area contributed by atoms with Gasteiger partial charge in [-0.05, 0) is 39.2 Å². The number of carbonyl (C=O) groups excluding carboxylic acids is 1. The maximum Gasteiger partial charge on any atom is 0.308 e. The lowest BCUT2D eigenvalue weighted by Crippen LogP contribution is -2.26. The molecule has 0 radical (unpaired) electrons. The number of hydrogen-bond donors (Lipinski definition) is 0. The summed E-state index contributed by atoms with van der Waals surface area (Å²) >= 11 is 0. The fourth-order valence-corrected chi connectivity index (χ4v) is 2.43. The molecular weight excluding hydrogens is 244 g/mol. The van der Waals surface area contributed by atoms with Crippen LogP contribution in [0.25, 0.3) is 0 Å². The average Bonchev–Trinajstić information content (AvgIpc) is 2.97. The summed E-state index contributed by atoms with van der Waals surface area (Å²) in [5, 5.41) is 4.24. The highest BCUT2D eigenvalue weighted by Gasteiger charge is 2.31. The summed E-state index contributed by atoms with van der Waals surface area (Å²) in [7, 11) is 0. The van der Waals surface area contributed by atoms with Gasteiger partial charge < -0.3 is 9.47 Å². The van der Waals surface area contributed by atoms with Crippen LogP contribution in [0.5, 0.6) is 0 Å². The molecule has 1 fully saturated rings. The fraction of sp³-hybridized carbons (Fsp3) is 0.714. The number of hydrogen-bond acceptors (Lipinski definition) is 4. The lowest BCUT2D eigenvalue weighted by atomic mass is 10.2. The van der Waals surface area contributed by atoms with Crippen LogP contribution in [-0.2, 0) is 14.3 Å². The minimum Gasteiger partial charge on any atom is -0.460 e. The molecule has 0 saturated heterocycles. The summed E-state index contributed by atoms with van der Waals surface area (Å²) in [6, 6.07) is 2.08. The maximum absolute atomic E-state index is 11.8. The summed E-state index contributed by atoms with van der Waals surface area (Å²) in [4.78, 5) is 11.8. The molecule has 0 aromatic carbocycles. The first-order chi connectivity index (χ1) is 9.16. The number of esters is 1. The molecule has 1 saturated carbocycles. The van der Waals surface area contributed by atoms with Crippen molar-refractivity contribution in [1.82, 2.24) is 9.78 Å². The highest BCUT2D eigenvalue weighted by Crippen LogP contribution is 2.32. The Morgan fingerprint density at radius 3 is 3.00 bits per heavy atom. The third kappa shape index (κ3) is 4.06. The first-order valence-corrected chi connectivity index (χ1v) is 6.97. The molecule has 1 aliphatic carbocycles. The Balaban J connectivity index is 1.79. The van der Waals surface area contributed by atoms with Crippen LogP contribution in [0.3, 0.4) is 0 Å². The third-order valence-electron chi connectivity index (χ3n) is 3.32. The van der Waals surface area contributed by atoms with Gasteiger partial charge in [0.2, 0.25) is 0 Å². The summed E-state index contributed by atoms with van der Waals surface area (Å²) < 4.78 is 12.8. The predicted octanol–water partition coefficient (Wildman–Crippen LogP) is 2.33. The number of aromatic nitrogens is 2. The zero-order valence-electron chi connectivity index (χ0n) is 11.6. The number of carbonyl (C=O) groups is 1. The molecule has 1 heterocycles. The topological polar surface area (TPSA) is 53.4 Å². The van der Waals surface area contributed by atoms with Crippen LogP contribution in [-0.4, -0.2) is 34.6 Å². The molecule has 5 nitrogen and oxygen atoms in total. The van der Waals surface area contributed by atoms with E-state index in [1.165, 1.54) is 0 Å². The molecule has 0 bridgehead atoms. The summed E-state index contributed by atoms with van der Waals surface area (Å²) in [6.45, 7) is 4.34. The van der Waals surface area contributed by atoms with Crippen molar-refractivity contribution in [1.29, 1.82) is 0 Å². The number of ether oxygens (including phenoxy) is 2. The second kappa shape index (κ2) is 6.70. The van der Waals surface area contributed by atoms with E-state index in [-0.39, 0.29) is 24.2 Å². The average molecular weight is 266 g/mol.